The van der Waals surface area contributed by atoms with Crippen molar-refractivity contribution in [2.45, 2.75) is 25.0 Å². The molecule has 0 aliphatic carbocycles. The first-order valence-electron chi connectivity index (χ1n) is 4.56. The monoisotopic (exact) mass is 229 g/mol. The zero-order valence-corrected chi connectivity index (χ0v) is 10.1. The third-order valence-electron chi connectivity index (χ3n) is 1.51. The van der Waals surface area contributed by atoms with Crippen LogP contribution in [0.15, 0.2) is 5.16 Å². The van der Waals surface area contributed by atoms with Gasteiger partial charge in [0.25, 0.3) is 0 Å². The zero-order chi connectivity index (χ0) is 11.4. The molecule has 7 heteroatoms. The largest absolute Gasteiger partial charge is 0.357 e. The topological polar surface area (TPSA) is 79.8 Å². The van der Waals surface area contributed by atoms with E-state index >= 15 is 0 Å². The van der Waals surface area contributed by atoms with Crippen molar-refractivity contribution in [3.05, 3.63) is 0 Å². The molecule has 1 heterocycles. The van der Waals surface area contributed by atoms with E-state index in [4.69, 9.17) is 0 Å². The molecule has 0 saturated heterocycles. The molecule has 0 aliphatic heterocycles. The molecule has 0 bridgehead atoms. The Morgan fingerprint density at radius 1 is 1.20 bits per heavy atom. The Morgan fingerprint density at radius 3 is 2.27 bits per heavy atom. The smallest absolute Gasteiger partial charge is 0.228 e. The summed E-state index contributed by atoms with van der Waals surface area (Å²) in [4.78, 5) is 12.1. The zero-order valence-electron chi connectivity index (χ0n) is 9.24. The van der Waals surface area contributed by atoms with Crippen molar-refractivity contribution >= 4 is 22.7 Å². The highest BCUT2D eigenvalue weighted by Gasteiger charge is 2.08. The van der Waals surface area contributed by atoms with E-state index in [1.54, 1.807) is 7.05 Å². The summed E-state index contributed by atoms with van der Waals surface area (Å²) in [6.45, 7) is 3.96. The molecule has 0 aliphatic rings. The van der Waals surface area contributed by atoms with Crippen molar-refractivity contribution in [1.82, 2.24) is 15.0 Å². The quantitative estimate of drug-likeness (QED) is 0.781. The number of aromatic nitrogens is 3. The van der Waals surface area contributed by atoms with Crippen molar-refractivity contribution in [1.29, 1.82) is 0 Å². The number of nitrogens with zero attached hydrogens (tertiary/aromatic N) is 3. The summed E-state index contributed by atoms with van der Waals surface area (Å²) >= 11 is 0. The first kappa shape index (κ1) is 11.8. The van der Waals surface area contributed by atoms with E-state index in [-0.39, 0.29) is 11.2 Å². The van der Waals surface area contributed by atoms with Crippen LogP contribution in [0.3, 0.4) is 0 Å². The molecular formula is C8H15N5OS. The Hall–Kier alpha value is -1.24. The van der Waals surface area contributed by atoms with Gasteiger partial charge in [0, 0.05) is 19.3 Å². The Bertz CT molecular complexity index is 368. The van der Waals surface area contributed by atoms with Crippen LogP contribution in [0.1, 0.15) is 13.8 Å². The van der Waals surface area contributed by atoms with E-state index < -0.39 is 10.8 Å². The molecule has 0 fully saturated rings. The Balaban J connectivity index is 3.05. The molecule has 1 aromatic heterocycles. The molecule has 0 saturated carbocycles. The summed E-state index contributed by atoms with van der Waals surface area (Å²) in [5.41, 5.74) is 0. The summed E-state index contributed by atoms with van der Waals surface area (Å²) in [6, 6.07) is 0.218. The normalized spacial score (nSPS) is 12.6. The number of rotatable bonds is 4. The van der Waals surface area contributed by atoms with Crippen LogP contribution in [0.2, 0.25) is 0 Å². The molecule has 0 radical (unpaired) electrons. The maximum atomic E-state index is 11.3. The average molecular weight is 229 g/mol. The first-order chi connectivity index (χ1) is 7.02. The van der Waals surface area contributed by atoms with Crippen LogP contribution < -0.4 is 10.6 Å². The van der Waals surface area contributed by atoms with Gasteiger partial charge in [0.05, 0.1) is 10.8 Å². The van der Waals surface area contributed by atoms with Crippen LogP contribution in [0, 0.1) is 0 Å². The lowest BCUT2D eigenvalue weighted by Gasteiger charge is -2.09. The minimum atomic E-state index is -1.21. The van der Waals surface area contributed by atoms with E-state index in [1.165, 1.54) is 6.26 Å². The second kappa shape index (κ2) is 5.01. The van der Waals surface area contributed by atoms with Crippen LogP contribution in [0.5, 0.6) is 0 Å². The Labute approximate surface area is 91.4 Å². The summed E-state index contributed by atoms with van der Waals surface area (Å²) in [5, 5.41) is 6.11. The highest BCUT2D eigenvalue weighted by Crippen LogP contribution is 2.08. The van der Waals surface area contributed by atoms with Crippen LogP contribution in [0.25, 0.3) is 0 Å². The molecule has 2 N–H and O–H groups in total. The fourth-order valence-corrected chi connectivity index (χ4v) is 1.35. The highest BCUT2D eigenvalue weighted by molar-refractivity contribution is 7.84. The van der Waals surface area contributed by atoms with E-state index in [1.807, 2.05) is 13.8 Å². The molecule has 1 aromatic rings. The maximum absolute atomic E-state index is 11.3. The van der Waals surface area contributed by atoms with Crippen molar-refractivity contribution in [2.75, 3.05) is 23.9 Å². The van der Waals surface area contributed by atoms with Gasteiger partial charge in [-0.05, 0) is 13.8 Å². The van der Waals surface area contributed by atoms with Crippen LogP contribution in [-0.4, -0.2) is 38.5 Å². The summed E-state index contributed by atoms with van der Waals surface area (Å²) in [5.74, 6) is 0.855. The number of hydrogen-bond acceptors (Lipinski definition) is 6. The molecule has 15 heavy (non-hydrogen) atoms. The van der Waals surface area contributed by atoms with Crippen LogP contribution in [0.4, 0.5) is 11.9 Å². The minimum absolute atomic E-state index is 0.218. The Morgan fingerprint density at radius 2 is 1.80 bits per heavy atom. The van der Waals surface area contributed by atoms with Gasteiger partial charge in [-0.3, -0.25) is 4.21 Å². The summed E-state index contributed by atoms with van der Waals surface area (Å²) in [7, 11) is 0.497. The van der Waals surface area contributed by atoms with Gasteiger partial charge >= 0.3 is 0 Å². The minimum Gasteiger partial charge on any atom is -0.357 e. The molecular weight excluding hydrogens is 214 g/mol. The standard InChI is InChI=1S/C8H15N5OS/c1-5(2)10-7-11-6(9-3)12-8(13-7)15(4)14/h5H,1-4H3,(H2,9,10,11,12,13). The Kier molecular flexibility index (Phi) is 3.96. The number of hydrogen-bond donors (Lipinski definition) is 2. The molecule has 0 spiro atoms. The second-order valence-electron chi connectivity index (χ2n) is 3.27. The van der Waals surface area contributed by atoms with Crippen molar-refractivity contribution in [3.63, 3.8) is 0 Å². The van der Waals surface area contributed by atoms with Crippen LogP contribution >= 0.6 is 0 Å². The van der Waals surface area contributed by atoms with Gasteiger partial charge in [-0.2, -0.15) is 15.0 Å². The van der Waals surface area contributed by atoms with E-state index in [0.29, 0.717) is 11.9 Å². The van der Waals surface area contributed by atoms with Gasteiger partial charge in [-0.25, -0.2) is 0 Å². The maximum Gasteiger partial charge on any atom is 0.228 e. The van der Waals surface area contributed by atoms with Gasteiger partial charge in [-0.1, -0.05) is 0 Å². The lowest BCUT2D eigenvalue weighted by Crippen LogP contribution is -2.15. The SMILES string of the molecule is CNc1nc(NC(C)C)nc(S(C)=O)n1. The van der Waals surface area contributed by atoms with Crippen molar-refractivity contribution in [2.24, 2.45) is 0 Å². The fourth-order valence-electron chi connectivity index (χ4n) is 0.920. The number of anilines is 2. The van der Waals surface area contributed by atoms with E-state index in [9.17, 15) is 4.21 Å². The lowest BCUT2D eigenvalue weighted by molar-refractivity contribution is 0.678. The predicted octanol–water partition coefficient (Wildman–Crippen LogP) is 0.471. The summed E-state index contributed by atoms with van der Waals surface area (Å²) in [6.07, 6.45) is 1.54. The molecule has 1 rings (SSSR count). The molecule has 1 unspecified atom stereocenters. The molecule has 1 atom stereocenters. The summed E-state index contributed by atoms with van der Waals surface area (Å²) < 4.78 is 11.3. The van der Waals surface area contributed by atoms with Crippen LogP contribution in [-0.2, 0) is 10.8 Å². The molecule has 0 amide bonds. The lowest BCUT2D eigenvalue weighted by atomic mass is 10.4. The second-order valence-corrected chi connectivity index (χ2v) is 4.54. The van der Waals surface area contributed by atoms with Gasteiger partial charge in [-0.15, -0.1) is 0 Å². The van der Waals surface area contributed by atoms with Gasteiger partial charge in [0.15, 0.2) is 0 Å². The number of nitrogens with one attached hydrogen (secondary N) is 2. The molecule has 6 nitrogen and oxygen atoms in total. The molecule has 0 aromatic carbocycles. The van der Waals surface area contributed by atoms with E-state index in [2.05, 4.69) is 25.6 Å². The average Bonchev–Trinajstić information content (AvgIpc) is 2.16. The van der Waals surface area contributed by atoms with Gasteiger partial charge in [0.2, 0.25) is 17.1 Å². The molecule has 84 valence electrons. The van der Waals surface area contributed by atoms with Gasteiger partial charge < -0.3 is 10.6 Å². The van der Waals surface area contributed by atoms with E-state index in [0.717, 1.165) is 0 Å². The van der Waals surface area contributed by atoms with Gasteiger partial charge in [0.1, 0.15) is 0 Å². The highest BCUT2D eigenvalue weighted by atomic mass is 32.2. The fraction of sp³-hybridized carbons (Fsp3) is 0.625. The first-order valence-corrected chi connectivity index (χ1v) is 6.12. The van der Waals surface area contributed by atoms with Crippen molar-refractivity contribution in [3.8, 4) is 0 Å². The predicted molar refractivity (Wildman–Crippen MR) is 60.5 cm³/mol. The third-order valence-corrected chi connectivity index (χ3v) is 2.21. The third kappa shape index (κ3) is 3.43. The van der Waals surface area contributed by atoms with Crippen molar-refractivity contribution < 1.29 is 4.21 Å².